The Bertz CT molecular complexity index is 464. The van der Waals surface area contributed by atoms with Crippen LogP contribution in [0.3, 0.4) is 0 Å². The Labute approximate surface area is 102 Å². The average molecular weight is 258 g/mol. The number of aliphatic hydroxyl groups excluding tert-OH is 2. The van der Waals surface area contributed by atoms with Gasteiger partial charge in [-0.25, -0.2) is 9.37 Å². The molecule has 4 atom stereocenters. The number of imidazole rings is 1. The van der Waals surface area contributed by atoms with E-state index < -0.39 is 30.1 Å². The second-order valence-electron chi connectivity index (χ2n) is 4.43. The number of anilines is 1. The summed E-state index contributed by atoms with van der Waals surface area (Å²) in [6.07, 6.45) is -1.38. The van der Waals surface area contributed by atoms with Crippen molar-refractivity contribution < 1.29 is 19.4 Å². The zero-order valence-corrected chi connectivity index (χ0v) is 9.53. The van der Waals surface area contributed by atoms with Crippen LogP contribution in [-0.2, 0) is 0 Å². The summed E-state index contributed by atoms with van der Waals surface area (Å²) in [5.41, 5.74) is 10.6. The van der Waals surface area contributed by atoms with Crippen LogP contribution in [-0.4, -0.2) is 44.6 Å². The van der Waals surface area contributed by atoms with Crippen molar-refractivity contribution >= 4 is 11.7 Å². The van der Waals surface area contributed by atoms with E-state index in [-0.39, 0.29) is 24.5 Å². The van der Waals surface area contributed by atoms with Crippen LogP contribution < -0.4 is 11.5 Å². The number of halogens is 1. The largest absolute Gasteiger partial charge is 0.396 e. The zero-order chi connectivity index (χ0) is 13.4. The van der Waals surface area contributed by atoms with Crippen molar-refractivity contribution in [3.05, 3.63) is 12.0 Å². The first-order valence-corrected chi connectivity index (χ1v) is 5.52. The maximum atomic E-state index is 13.9. The van der Waals surface area contributed by atoms with Gasteiger partial charge in [0.25, 0.3) is 5.91 Å². The van der Waals surface area contributed by atoms with Gasteiger partial charge in [-0.1, -0.05) is 0 Å². The molecule has 7 nitrogen and oxygen atoms in total. The minimum absolute atomic E-state index is 0.0269. The number of primary amides is 1. The van der Waals surface area contributed by atoms with Gasteiger partial charge in [0.2, 0.25) is 0 Å². The van der Waals surface area contributed by atoms with E-state index in [1.54, 1.807) is 0 Å². The van der Waals surface area contributed by atoms with Crippen molar-refractivity contribution in [3.8, 4) is 0 Å². The van der Waals surface area contributed by atoms with E-state index in [0.29, 0.717) is 0 Å². The topological polar surface area (TPSA) is 127 Å². The van der Waals surface area contributed by atoms with Crippen molar-refractivity contribution in [1.29, 1.82) is 0 Å². The van der Waals surface area contributed by atoms with Crippen LogP contribution in [0.2, 0.25) is 0 Å². The minimum atomic E-state index is -1.57. The first-order chi connectivity index (χ1) is 8.47. The van der Waals surface area contributed by atoms with Crippen molar-refractivity contribution in [2.45, 2.75) is 24.7 Å². The first-order valence-electron chi connectivity index (χ1n) is 5.52. The highest BCUT2D eigenvalue weighted by Gasteiger charge is 2.44. The van der Waals surface area contributed by atoms with Crippen LogP contribution in [0.4, 0.5) is 10.2 Å². The highest BCUT2D eigenvalue weighted by atomic mass is 19.1. The summed E-state index contributed by atoms with van der Waals surface area (Å²) in [4.78, 5) is 14.7. The van der Waals surface area contributed by atoms with Gasteiger partial charge in [-0.2, -0.15) is 0 Å². The van der Waals surface area contributed by atoms with Crippen LogP contribution >= 0.6 is 0 Å². The Morgan fingerprint density at radius 2 is 2.33 bits per heavy atom. The molecule has 1 amide bonds. The third-order valence-corrected chi connectivity index (χ3v) is 3.38. The number of aromatic nitrogens is 2. The molecule has 1 fully saturated rings. The molecule has 0 bridgehead atoms. The van der Waals surface area contributed by atoms with E-state index >= 15 is 0 Å². The Morgan fingerprint density at radius 3 is 2.78 bits per heavy atom. The maximum absolute atomic E-state index is 13.9. The summed E-state index contributed by atoms with van der Waals surface area (Å²) >= 11 is 0. The summed E-state index contributed by atoms with van der Waals surface area (Å²) in [6.45, 7) is -0.310. The zero-order valence-electron chi connectivity index (χ0n) is 9.53. The van der Waals surface area contributed by atoms with Crippen molar-refractivity contribution in [3.63, 3.8) is 0 Å². The predicted octanol–water partition coefficient (Wildman–Crippen LogP) is -1.18. The number of amides is 1. The van der Waals surface area contributed by atoms with Gasteiger partial charge in [0.15, 0.2) is 5.69 Å². The molecule has 0 aliphatic heterocycles. The Balaban J connectivity index is 2.30. The lowest BCUT2D eigenvalue weighted by atomic mass is 10.1. The molecule has 1 heterocycles. The Kier molecular flexibility index (Phi) is 3.22. The van der Waals surface area contributed by atoms with Gasteiger partial charge in [-0.15, -0.1) is 0 Å². The number of nitrogens with zero attached hydrogens (tertiary/aromatic N) is 2. The summed E-state index contributed by atoms with van der Waals surface area (Å²) in [7, 11) is 0. The van der Waals surface area contributed by atoms with Gasteiger partial charge < -0.3 is 26.2 Å². The molecule has 0 saturated heterocycles. The maximum Gasteiger partial charge on any atom is 0.271 e. The smallest absolute Gasteiger partial charge is 0.271 e. The van der Waals surface area contributed by atoms with E-state index in [0.717, 1.165) is 0 Å². The number of nitrogens with two attached hydrogens (primary N) is 2. The minimum Gasteiger partial charge on any atom is -0.396 e. The van der Waals surface area contributed by atoms with Gasteiger partial charge in [-0.3, -0.25) is 4.79 Å². The number of aliphatic hydroxyl groups is 2. The summed E-state index contributed by atoms with van der Waals surface area (Å²) in [6, 6.07) is -0.752. The number of hydrogen-bond donors (Lipinski definition) is 4. The van der Waals surface area contributed by atoms with Gasteiger partial charge in [0.05, 0.1) is 18.5 Å². The molecule has 100 valence electrons. The van der Waals surface area contributed by atoms with Crippen LogP contribution in [0.15, 0.2) is 6.33 Å². The van der Waals surface area contributed by atoms with Gasteiger partial charge in [0, 0.05) is 12.5 Å². The molecule has 1 aliphatic carbocycles. The molecule has 2 rings (SSSR count). The molecule has 1 aliphatic rings. The van der Waals surface area contributed by atoms with E-state index in [9.17, 15) is 14.3 Å². The molecular formula is C10H15FN4O3. The van der Waals surface area contributed by atoms with Crippen LogP contribution in [0.5, 0.6) is 0 Å². The Hall–Kier alpha value is -1.67. The molecule has 0 unspecified atom stereocenters. The summed E-state index contributed by atoms with van der Waals surface area (Å²) in [5.74, 6) is -1.37. The quantitative estimate of drug-likeness (QED) is 0.542. The first kappa shape index (κ1) is 12.8. The van der Waals surface area contributed by atoms with Gasteiger partial charge >= 0.3 is 0 Å². The van der Waals surface area contributed by atoms with Crippen LogP contribution in [0.1, 0.15) is 23.0 Å². The molecule has 8 heteroatoms. The molecule has 1 aromatic heterocycles. The normalized spacial score (nSPS) is 31.7. The van der Waals surface area contributed by atoms with Crippen molar-refractivity contribution in [1.82, 2.24) is 9.55 Å². The number of nitrogen functional groups attached to an aromatic ring is 1. The lowest BCUT2D eigenvalue weighted by Crippen LogP contribution is -2.27. The number of carbonyl (C=O) groups excluding carboxylic acids is 1. The number of rotatable bonds is 3. The third-order valence-electron chi connectivity index (χ3n) is 3.38. The van der Waals surface area contributed by atoms with Crippen molar-refractivity contribution in [2.24, 2.45) is 11.7 Å². The summed E-state index contributed by atoms with van der Waals surface area (Å²) < 4.78 is 15.2. The van der Waals surface area contributed by atoms with E-state index in [2.05, 4.69) is 4.98 Å². The lowest BCUT2D eigenvalue weighted by molar-refractivity contribution is 0.0399. The fourth-order valence-corrected chi connectivity index (χ4v) is 2.34. The molecule has 0 spiro atoms. The van der Waals surface area contributed by atoms with Crippen LogP contribution in [0.25, 0.3) is 0 Å². The van der Waals surface area contributed by atoms with Crippen LogP contribution in [0, 0.1) is 5.92 Å². The highest BCUT2D eigenvalue weighted by Crippen LogP contribution is 2.38. The standard InChI is InChI=1S/C10H15FN4O3/c11-6-5(1-4(2-16)8(6)17)15-3-14-7(9(15)12)10(13)18/h3-6,8,16-17H,1-2,12H2,(H2,13,18)/t4-,5-,6-,8-/m1/s1. The lowest BCUT2D eigenvalue weighted by Gasteiger charge is -2.17. The van der Waals surface area contributed by atoms with Crippen molar-refractivity contribution in [2.75, 3.05) is 12.3 Å². The second kappa shape index (κ2) is 4.54. The fourth-order valence-electron chi connectivity index (χ4n) is 2.34. The number of alkyl halides is 1. The second-order valence-corrected chi connectivity index (χ2v) is 4.43. The monoisotopic (exact) mass is 258 g/mol. The number of carbonyl (C=O) groups is 1. The molecule has 0 aromatic carbocycles. The molecule has 1 saturated carbocycles. The molecule has 6 N–H and O–H groups in total. The number of hydrogen-bond acceptors (Lipinski definition) is 5. The van der Waals surface area contributed by atoms with E-state index in [1.165, 1.54) is 10.9 Å². The summed E-state index contributed by atoms with van der Waals surface area (Å²) in [5, 5.41) is 18.6. The van der Waals surface area contributed by atoms with Gasteiger partial charge in [-0.05, 0) is 6.42 Å². The molecule has 1 aromatic rings. The average Bonchev–Trinajstić information content (AvgIpc) is 2.82. The van der Waals surface area contributed by atoms with E-state index in [1.807, 2.05) is 0 Å². The SMILES string of the molecule is NC(=O)c1ncn([C@@H]2C[C@H](CO)[C@@H](O)[C@@H]2F)c1N. The highest BCUT2D eigenvalue weighted by molar-refractivity contribution is 5.95. The molecule has 0 radical (unpaired) electrons. The van der Waals surface area contributed by atoms with Gasteiger partial charge in [0.1, 0.15) is 12.0 Å². The third kappa shape index (κ3) is 1.83. The predicted molar refractivity (Wildman–Crippen MR) is 60.3 cm³/mol. The molecule has 18 heavy (non-hydrogen) atoms. The molecular weight excluding hydrogens is 243 g/mol. The Morgan fingerprint density at radius 1 is 1.67 bits per heavy atom. The fraction of sp³-hybridized carbons (Fsp3) is 0.600. The van der Waals surface area contributed by atoms with E-state index in [4.69, 9.17) is 16.6 Å².